The molecule has 5 heteroatoms. The predicted molar refractivity (Wildman–Crippen MR) is 99.6 cm³/mol. The minimum absolute atomic E-state index is 0.0746. The number of nitrogens with one attached hydrogen (secondary N) is 1. The highest BCUT2D eigenvalue weighted by molar-refractivity contribution is 7.91. The first-order valence-corrected chi connectivity index (χ1v) is 10.4. The first-order chi connectivity index (χ1) is 12.0. The number of aryl methyl sites for hydroxylation is 2. The standard InChI is InChI=1S/C20H23NO3S/c1-2-25(23,24)19-11-7-15(8-12-19)13-20(22)21-18-10-9-16-5-3-4-6-17(16)14-18/h7-12,14H,2-6,13H2,1H3,(H,21,22). The molecule has 2 aromatic rings. The molecule has 0 aliphatic heterocycles. The number of fused-ring (bicyclic) bond motifs is 1. The third kappa shape index (κ3) is 4.28. The fourth-order valence-corrected chi connectivity index (χ4v) is 4.07. The van der Waals surface area contributed by atoms with E-state index in [4.69, 9.17) is 0 Å². The number of carbonyl (C=O) groups is 1. The zero-order valence-electron chi connectivity index (χ0n) is 14.4. The Balaban J connectivity index is 1.65. The molecule has 2 aromatic carbocycles. The Bertz CT molecular complexity index is 870. The molecule has 3 rings (SSSR count). The first-order valence-electron chi connectivity index (χ1n) is 8.71. The van der Waals surface area contributed by atoms with Crippen LogP contribution in [0.4, 0.5) is 5.69 Å². The maximum atomic E-state index is 12.3. The van der Waals surface area contributed by atoms with Crippen molar-refractivity contribution in [3.8, 4) is 0 Å². The van der Waals surface area contributed by atoms with Gasteiger partial charge in [0, 0.05) is 5.69 Å². The van der Waals surface area contributed by atoms with Gasteiger partial charge in [-0.3, -0.25) is 4.79 Å². The first kappa shape index (κ1) is 17.7. The van der Waals surface area contributed by atoms with Gasteiger partial charge in [-0.2, -0.15) is 0 Å². The van der Waals surface area contributed by atoms with Crippen molar-refractivity contribution in [1.29, 1.82) is 0 Å². The van der Waals surface area contributed by atoms with E-state index in [1.807, 2.05) is 6.07 Å². The van der Waals surface area contributed by atoms with E-state index in [1.54, 1.807) is 31.2 Å². The van der Waals surface area contributed by atoms with Crippen molar-refractivity contribution in [3.05, 3.63) is 59.2 Å². The van der Waals surface area contributed by atoms with Gasteiger partial charge in [-0.05, 0) is 66.6 Å². The second-order valence-electron chi connectivity index (χ2n) is 6.46. The monoisotopic (exact) mass is 357 g/mol. The summed E-state index contributed by atoms with van der Waals surface area (Å²) in [7, 11) is -3.20. The van der Waals surface area contributed by atoms with Crippen LogP contribution < -0.4 is 5.32 Å². The summed E-state index contributed by atoms with van der Waals surface area (Å²) in [4.78, 5) is 12.6. The maximum Gasteiger partial charge on any atom is 0.228 e. The van der Waals surface area contributed by atoms with Crippen molar-refractivity contribution in [2.24, 2.45) is 0 Å². The molecule has 1 N–H and O–H groups in total. The summed E-state index contributed by atoms with van der Waals surface area (Å²) in [6.45, 7) is 1.62. The number of rotatable bonds is 5. The molecular weight excluding hydrogens is 334 g/mol. The summed E-state index contributed by atoms with van der Waals surface area (Å²) in [5.41, 5.74) is 4.34. The number of carbonyl (C=O) groups excluding carboxylic acids is 1. The van der Waals surface area contributed by atoms with Crippen LogP contribution >= 0.6 is 0 Å². The highest BCUT2D eigenvalue weighted by Crippen LogP contribution is 2.24. The topological polar surface area (TPSA) is 63.2 Å². The molecule has 0 unspecified atom stereocenters. The summed E-state index contributed by atoms with van der Waals surface area (Å²) >= 11 is 0. The van der Waals surface area contributed by atoms with E-state index in [0.717, 1.165) is 24.1 Å². The number of hydrogen-bond acceptors (Lipinski definition) is 3. The molecule has 1 aliphatic rings. The van der Waals surface area contributed by atoms with E-state index in [2.05, 4.69) is 17.4 Å². The van der Waals surface area contributed by atoms with E-state index < -0.39 is 9.84 Å². The summed E-state index contributed by atoms with van der Waals surface area (Å²) in [5, 5.41) is 2.94. The van der Waals surface area contributed by atoms with Gasteiger partial charge in [0.15, 0.2) is 9.84 Å². The lowest BCUT2D eigenvalue weighted by Gasteiger charge is -2.16. The number of hydrogen-bond donors (Lipinski definition) is 1. The van der Waals surface area contributed by atoms with Crippen molar-refractivity contribution in [2.45, 2.75) is 43.9 Å². The Morgan fingerprint density at radius 1 is 1.00 bits per heavy atom. The average molecular weight is 357 g/mol. The van der Waals surface area contributed by atoms with Crippen LogP contribution in [0.3, 0.4) is 0 Å². The highest BCUT2D eigenvalue weighted by Gasteiger charge is 2.13. The lowest BCUT2D eigenvalue weighted by Crippen LogP contribution is -2.15. The molecule has 0 spiro atoms. The number of amides is 1. The summed E-state index contributed by atoms with van der Waals surface area (Å²) in [5.74, 6) is -0.0209. The highest BCUT2D eigenvalue weighted by atomic mass is 32.2. The van der Waals surface area contributed by atoms with Gasteiger partial charge in [-0.1, -0.05) is 25.1 Å². The van der Waals surface area contributed by atoms with Crippen molar-refractivity contribution < 1.29 is 13.2 Å². The molecule has 0 atom stereocenters. The van der Waals surface area contributed by atoms with E-state index >= 15 is 0 Å². The quantitative estimate of drug-likeness (QED) is 0.890. The molecule has 1 amide bonds. The van der Waals surface area contributed by atoms with Crippen LogP contribution in [0.2, 0.25) is 0 Å². The summed E-state index contributed by atoms with van der Waals surface area (Å²) in [6.07, 6.45) is 4.87. The van der Waals surface area contributed by atoms with Crippen LogP contribution in [-0.4, -0.2) is 20.1 Å². The smallest absolute Gasteiger partial charge is 0.228 e. The fourth-order valence-electron chi connectivity index (χ4n) is 3.18. The average Bonchev–Trinajstić information content (AvgIpc) is 2.62. The molecule has 0 bridgehead atoms. The van der Waals surface area contributed by atoms with E-state index in [0.29, 0.717) is 4.90 Å². The van der Waals surface area contributed by atoms with Gasteiger partial charge in [0.2, 0.25) is 5.91 Å². The van der Waals surface area contributed by atoms with Gasteiger partial charge in [0.1, 0.15) is 0 Å². The zero-order valence-corrected chi connectivity index (χ0v) is 15.2. The Kier molecular flexibility index (Phi) is 5.23. The second kappa shape index (κ2) is 7.40. The SMILES string of the molecule is CCS(=O)(=O)c1ccc(CC(=O)Nc2ccc3c(c2)CCCC3)cc1. The Morgan fingerprint density at radius 3 is 2.36 bits per heavy atom. The summed E-state index contributed by atoms with van der Waals surface area (Å²) < 4.78 is 23.6. The molecule has 1 aliphatic carbocycles. The van der Waals surface area contributed by atoms with Crippen LogP contribution in [0, 0.1) is 0 Å². The van der Waals surface area contributed by atoms with E-state index in [-0.39, 0.29) is 18.1 Å². The minimum atomic E-state index is -3.20. The normalized spacial score (nSPS) is 14.0. The molecule has 0 saturated heterocycles. The van der Waals surface area contributed by atoms with Gasteiger partial charge < -0.3 is 5.32 Å². The molecule has 0 heterocycles. The molecule has 4 nitrogen and oxygen atoms in total. The summed E-state index contributed by atoms with van der Waals surface area (Å²) in [6, 6.07) is 12.7. The van der Waals surface area contributed by atoms with Crippen molar-refractivity contribution >= 4 is 21.4 Å². The number of benzene rings is 2. The van der Waals surface area contributed by atoms with Crippen LogP contribution in [-0.2, 0) is 33.9 Å². The third-order valence-corrected chi connectivity index (χ3v) is 6.41. The molecule has 132 valence electrons. The van der Waals surface area contributed by atoms with Gasteiger partial charge in [0.05, 0.1) is 17.1 Å². The van der Waals surface area contributed by atoms with Gasteiger partial charge in [-0.15, -0.1) is 0 Å². The Morgan fingerprint density at radius 2 is 1.68 bits per heavy atom. The van der Waals surface area contributed by atoms with Crippen molar-refractivity contribution in [1.82, 2.24) is 0 Å². The van der Waals surface area contributed by atoms with E-state index in [1.165, 1.54) is 24.0 Å². The molecular formula is C20H23NO3S. The number of sulfone groups is 1. The molecule has 25 heavy (non-hydrogen) atoms. The lowest BCUT2D eigenvalue weighted by atomic mass is 9.91. The Labute approximate surface area is 149 Å². The maximum absolute atomic E-state index is 12.3. The van der Waals surface area contributed by atoms with Crippen LogP contribution in [0.15, 0.2) is 47.4 Å². The van der Waals surface area contributed by atoms with Crippen molar-refractivity contribution in [2.75, 3.05) is 11.1 Å². The van der Waals surface area contributed by atoms with E-state index in [9.17, 15) is 13.2 Å². The zero-order chi connectivity index (χ0) is 17.9. The van der Waals surface area contributed by atoms with Crippen LogP contribution in [0.1, 0.15) is 36.5 Å². The molecule has 0 saturated carbocycles. The van der Waals surface area contributed by atoms with Gasteiger partial charge in [0.25, 0.3) is 0 Å². The Hall–Kier alpha value is -2.14. The number of anilines is 1. The van der Waals surface area contributed by atoms with Crippen LogP contribution in [0.5, 0.6) is 0 Å². The van der Waals surface area contributed by atoms with Gasteiger partial charge >= 0.3 is 0 Å². The molecule has 0 fully saturated rings. The minimum Gasteiger partial charge on any atom is -0.326 e. The molecule has 0 radical (unpaired) electrons. The third-order valence-electron chi connectivity index (χ3n) is 4.66. The predicted octanol–water partition coefficient (Wildman–Crippen LogP) is 3.54. The van der Waals surface area contributed by atoms with Gasteiger partial charge in [-0.25, -0.2) is 8.42 Å². The van der Waals surface area contributed by atoms with Crippen molar-refractivity contribution in [3.63, 3.8) is 0 Å². The molecule has 0 aromatic heterocycles. The largest absolute Gasteiger partial charge is 0.326 e. The fraction of sp³-hybridized carbons (Fsp3) is 0.350. The second-order valence-corrected chi connectivity index (χ2v) is 8.74. The lowest BCUT2D eigenvalue weighted by molar-refractivity contribution is -0.115. The van der Waals surface area contributed by atoms with Crippen LogP contribution in [0.25, 0.3) is 0 Å².